The maximum atomic E-state index is 5.73. The first-order chi connectivity index (χ1) is 6.58. The number of nitrogens with zero attached hydrogens (tertiary/aromatic N) is 3. The number of aromatic nitrogens is 2. The number of aryl methyl sites for hydroxylation is 2. The van der Waals surface area contributed by atoms with Gasteiger partial charge in [0.25, 0.3) is 0 Å². The van der Waals surface area contributed by atoms with Crippen LogP contribution >= 0.6 is 0 Å². The molecule has 74 valence electrons. The lowest BCUT2D eigenvalue weighted by Gasteiger charge is -2.20. The van der Waals surface area contributed by atoms with Gasteiger partial charge in [-0.15, -0.1) is 0 Å². The fourth-order valence-corrected chi connectivity index (χ4v) is 1.96. The Morgan fingerprint density at radius 2 is 2.00 bits per heavy atom. The van der Waals surface area contributed by atoms with Crippen LogP contribution in [0.5, 0.6) is 0 Å². The molecule has 14 heavy (non-hydrogen) atoms. The van der Waals surface area contributed by atoms with E-state index in [0.29, 0.717) is 11.8 Å². The fraction of sp³-hybridized carbons (Fsp3) is 0.500. The molecule has 0 aromatic carbocycles. The van der Waals surface area contributed by atoms with E-state index in [1.165, 1.54) is 0 Å². The van der Waals surface area contributed by atoms with Gasteiger partial charge in [-0.3, -0.25) is 0 Å². The van der Waals surface area contributed by atoms with Gasteiger partial charge in [0.1, 0.15) is 11.7 Å². The van der Waals surface area contributed by atoms with Gasteiger partial charge in [-0.1, -0.05) is 6.92 Å². The molecule has 0 aliphatic carbocycles. The van der Waals surface area contributed by atoms with Crippen LogP contribution in [0.25, 0.3) is 0 Å². The van der Waals surface area contributed by atoms with E-state index in [9.17, 15) is 0 Å². The van der Waals surface area contributed by atoms with Crippen LogP contribution in [0.2, 0.25) is 0 Å². The largest absolute Gasteiger partial charge is 0.387 e. The Morgan fingerprint density at radius 1 is 1.29 bits per heavy atom. The van der Waals surface area contributed by atoms with E-state index in [2.05, 4.69) is 21.9 Å². The van der Waals surface area contributed by atoms with Crippen LogP contribution < -0.4 is 5.73 Å². The Kier molecular flexibility index (Phi) is 1.98. The summed E-state index contributed by atoms with van der Waals surface area (Å²) in [6, 6.07) is 0. The smallest absolute Gasteiger partial charge is 0.161 e. The molecule has 0 radical (unpaired) electrons. The van der Waals surface area contributed by atoms with Crippen molar-refractivity contribution in [3.63, 3.8) is 0 Å². The van der Waals surface area contributed by atoms with Crippen molar-refractivity contribution in [1.29, 1.82) is 0 Å². The molecule has 4 nitrogen and oxygen atoms in total. The van der Waals surface area contributed by atoms with Crippen LogP contribution in [0.3, 0.4) is 0 Å². The zero-order valence-corrected chi connectivity index (χ0v) is 8.70. The van der Waals surface area contributed by atoms with Gasteiger partial charge in [0, 0.05) is 17.7 Å². The molecule has 1 aromatic heterocycles. The molecule has 0 saturated carbocycles. The van der Waals surface area contributed by atoms with E-state index in [0.717, 1.165) is 29.3 Å². The van der Waals surface area contributed by atoms with Gasteiger partial charge in [-0.05, 0) is 19.8 Å². The second-order valence-electron chi connectivity index (χ2n) is 3.80. The molecular formula is C10H14N4. The maximum Gasteiger partial charge on any atom is 0.161 e. The summed E-state index contributed by atoms with van der Waals surface area (Å²) in [5, 5.41) is 0. The fourth-order valence-electron chi connectivity index (χ4n) is 1.96. The summed E-state index contributed by atoms with van der Waals surface area (Å²) >= 11 is 0. The summed E-state index contributed by atoms with van der Waals surface area (Å²) in [6.07, 6.45) is 0.806. The van der Waals surface area contributed by atoms with Crippen LogP contribution in [0.15, 0.2) is 4.99 Å². The average Bonchev–Trinajstić information content (AvgIpc) is 1.99. The summed E-state index contributed by atoms with van der Waals surface area (Å²) in [5.74, 6) is 2.56. The van der Waals surface area contributed by atoms with Crippen molar-refractivity contribution in [2.24, 2.45) is 10.7 Å². The summed E-state index contributed by atoms with van der Waals surface area (Å²) in [7, 11) is 0. The molecule has 1 aliphatic rings. The molecule has 0 bridgehead atoms. The lowest BCUT2D eigenvalue weighted by atomic mass is 9.94. The number of hydrogen-bond acceptors (Lipinski definition) is 4. The number of nitrogens with two attached hydrogens (primary N) is 1. The topological polar surface area (TPSA) is 64.2 Å². The first-order valence-corrected chi connectivity index (χ1v) is 4.76. The second-order valence-corrected chi connectivity index (χ2v) is 3.80. The zero-order chi connectivity index (χ0) is 10.3. The minimum absolute atomic E-state index is 0.378. The summed E-state index contributed by atoms with van der Waals surface area (Å²) in [5.41, 5.74) is 7.90. The minimum atomic E-state index is 0.378. The highest BCUT2D eigenvalue weighted by molar-refractivity contribution is 5.86. The number of aliphatic imine (C=N–C) groups is 1. The minimum Gasteiger partial charge on any atom is -0.387 e. The van der Waals surface area contributed by atoms with Gasteiger partial charge < -0.3 is 5.73 Å². The third-order valence-corrected chi connectivity index (χ3v) is 2.49. The molecule has 0 amide bonds. The Bertz CT molecular complexity index is 409. The van der Waals surface area contributed by atoms with Crippen molar-refractivity contribution >= 4 is 11.7 Å². The molecule has 1 atom stereocenters. The summed E-state index contributed by atoms with van der Waals surface area (Å²) < 4.78 is 0. The maximum absolute atomic E-state index is 5.73. The van der Waals surface area contributed by atoms with Crippen LogP contribution in [0, 0.1) is 13.8 Å². The van der Waals surface area contributed by atoms with Crippen molar-refractivity contribution in [1.82, 2.24) is 9.97 Å². The van der Waals surface area contributed by atoms with Gasteiger partial charge in [0.2, 0.25) is 0 Å². The van der Waals surface area contributed by atoms with Crippen molar-refractivity contribution in [3.05, 3.63) is 17.1 Å². The Balaban J connectivity index is 2.65. The molecule has 2 rings (SSSR count). The summed E-state index contributed by atoms with van der Waals surface area (Å²) in [6.45, 7) is 6.01. The van der Waals surface area contributed by atoms with E-state index >= 15 is 0 Å². The normalized spacial score (nSPS) is 20.2. The van der Waals surface area contributed by atoms with Gasteiger partial charge in [-0.25, -0.2) is 15.0 Å². The molecule has 2 heterocycles. The van der Waals surface area contributed by atoms with Crippen molar-refractivity contribution in [2.75, 3.05) is 0 Å². The average molecular weight is 190 g/mol. The first-order valence-electron chi connectivity index (χ1n) is 4.76. The van der Waals surface area contributed by atoms with E-state index < -0.39 is 0 Å². The highest BCUT2D eigenvalue weighted by Crippen LogP contribution is 2.33. The number of fused-ring (bicyclic) bond motifs is 1. The van der Waals surface area contributed by atoms with Crippen LogP contribution in [-0.4, -0.2) is 15.8 Å². The lowest BCUT2D eigenvalue weighted by Crippen LogP contribution is -2.20. The zero-order valence-electron chi connectivity index (χ0n) is 8.70. The highest BCUT2D eigenvalue weighted by Gasteiger charge is 2.21. The molecule has 0 saturated heterocycles. The standard InChI is InChI=1S/C10H14N4/c1-5-4-8(11)14-10-9(5)6(2)12-7(3)13-10/h5H,4H2,1-3H3,(H2,11,12,13,14). The third-order valence-electron chi connectivity index (χ3n) is 2.49. The van der Waals surface area contributed by atoms with Gasteiger partial charge in [-0.2, -0.15) is 0 Å². The van der Waals surface area contributed by atoms with Crippen LogP contribution in [0.1, 0.15) is 36.3 Å². The van der Waals surface area contributed by atoms with Gasteiger partial charge in [0.15, 0.2) is 5.82 Å². The Hall–Kier alpha value is -1.45. The van der Waals surface area contributed by atoms with Gasteiger partial charge in [0.05, 0.1) is 0 Å². The Morgan fingerprint density at radius 3 is 2.71 bits per heavy atom. The second kappa shape index (κ2) is 3.04. The molecule has 4 heteroatoms. The van der Waals surface area contributed by atoms with Crippen molar-refractivity contribution in [3.8, 4) is 0 Å². The lowest BCUT2D eigenvalue weighted by molar-refractivity contribution is 0.753. The highest BCUT2D eigenvalue weighted by atomic mass is 15.0. The SMILES string of the molecule is Cc1nc(C)c2c(n1)N=C(N)CC2C. The van der Waals surface area contributed by atoms with Crippen molar-refractivity contribution < 1.29 is 0 Å². The molecule has 2 N–H and O–H groups in total. The predicted molar refractivity (Wildman–Crippen MR) is 55.8 cm³/mol. The molecule has 0 fully saturated rings. The Labute approximate surface area is 83.3 Å². The first kappa shape index (κ1) is 9.12. The van der Waals surface area contributed by atoms with Crippen molar-refractivity contribution in [2.45, 2.75) is 33.1 Å². The van der Waals surface area contributed by atoms with E-state index in [4.69, 9.17) is 5.73 Å². The number of rotatable bonds is 0. The summed E-state index contributed by atoms with van der Waals surface area (Å²) in [4.78, 5) is 12.9. The predicted octanol–water partition coefficient (Wildman–Crippen LogP) is 1.59. The monoisotopic (exact) mass is 190 g/mol. The molecule has 1 unspecified atom stereocenters. The molecule has 1 aromatic rings. The van der Waals surface area contributed by atoms with E-state index in [1.54, 1.807) is 0 Å². The van der Waals surface area contributed by atoms with Gasteiger partial charge >= 0.3 is 0 Å². The van der Waals surface area contributed by atoms with Crippen LogP contribution in [0.4, 0.5) is 5.82 Å². The quantitative estimate of drug-likeness (QED) is 0.675. The molecule has 0 spiro atoms. The molecule has 1 aliphatic heterocycles. The number of hydrogen-bond donors (Lipinski definition) is 1. The molecular weight excluding hydrogens is 176 g/mol. The van der Waals surface area contributed by atoms with E-state index in [1.807, 2.05) is 13.8 Å². The van der Waals surface area contributed by atoms with E-state index in [-0.39, 0.29) is 0 Å². The third kappa shape index (κ3) is 1.36. The van der Waals surface area contributed by atoms with Crippen LogP contribution in [-0.2, 0) is 0 Å². The number of amidine groups is 1.